The third kappa shape index (κ3) is 21.5. The molecule has 0 rings (SSSR count). The number of hydrogen-bond acceptors (Lipinski definition) is 8. The number of esters is 2. The maximum Gasteiger partial charge on any atom is 0.472 e. The third-order valence-corrected chi connectivity index (χ3v) is 6.23. The summed E-state index contributed by atoms with van der Waals surface area (Å²) in [6.45, 7) is 3.56. The topological polar surface area (TPSA) is 134 Å². The molecule has 3 N–H and O–H groups in total. The van der Waals surface area contributed by atoms with Crippen LogP contribution < -0.4 is 5.73 Å². The van der Waals surface area contributed by atoms with Gasteiger partial charge in [0.15, 0.2) is 6.10 Å². The summed E-state index contributed by atoms with van der Waals surface area (Å²) in [6.07, 6.45) is 13.3. The van der Waals surface area contributed by atoms with Gasteiger partial charge in [0, 0.05) is 19.4 Å². The number of nitrogens with two attached hydrogens (primary N) is 1. The summed E-state index contributed by atoms with van der Waals surface area (Å²) < 4.78 is 32.1. The fourth-order valence-corrected chi connectivity index (χ4v) is 4.04. The molecule has 0 heterocycles. The van der Waals surface area contributed by atoms with Crippen LogP contribution >= 0.6 is 7.82 Å². The molecule has 0 bridgehead atoms. The first kappa shape index (κ1) is 33.0. The van der Waals surface area contributed by atoms with E-state index in [1.807, 2.05) is 0 Å². The van der Waals surface area contributed by atoms with Crippen molar-refractivity contribution in [3.05, 3.63) is 0 Å². The first-order valence-electron chi connectivity index (χ1n) is 13.0. The second-order valence-electron chi connectivity index (χ2n) is 8.57. The number of carbonyl (C=O) groups is 2. The van der Waals surface area contributed by atoms with E-state index in [4.69, 9.17) is 19.7 Å². The highest BCUT2D eigenvalue weighted by atomic mass is 31.2. The molecule has 0 aromatic heterocycles. The van der Waals surface area contributed by atoms with E-state index in [0.29, 0.717) is 6.42 Å². The van der Waals surface area contributed by atoms with Crippen molar-refractivity contribution >= 4 is 19.8 Å². The molecule has 202 valence electrons. The summed E-state index contributed by atoms with van der Waals surface area (Å²) in [5.41, 5.74) is 5.26. The summed E-state index contributed by atoms with van der Waals surface area (Å²) in [6, 6.07) is 0. The molecule has 2 atom stereocenters. The van der Waals surface area contributed by atoms with Gasteiger partial charge in [0.25, 0.3) is 0 Å². The first-order valence-corrected chi connectivity index (χ1v) is 14.5. The minimum absolute atomic E-state index is 0.0563. The number of carbonyl (C=O) groups excluding carboxylic acids is 2. The SMILES string of the molecule is CCCCCCCCCC(=O)OC[C@H](COP(=O)(O)OCCN)OC(=O)CCCCCCCC. The van der Waals surface area contributed by atoms with Gasteiger partial charge in [0.05, 0.1) is 13.2 Å². The highest BCUT2D eigenvalue weighted by molar-refractivity contribution is 7.47. The Hall–Kier alpha value is -0.990. The molecular formula is C24H48NO8P. The van der Waals surface area contributed by atoms with Crippen molar-refractivity contribution in [2.24, 2.45) is 5.73 Å². The Balaban J connectivity index is 4.42. The van der Waals surface area contributed by atoms with Crippen molar-refractivity contribution in [2.45, 2.75) is 116 Å². The summed E-state index contributed by atoms with van der Waals surface area (Å²) in [7, 11) is -4.34. The van der Waals surface area contributed by atoms with Crippen LogP contribution in [-0.2, 0) is 32.7 Å². The van der Waals surface area contributed by atoms with Crippen LogP contribution in [0.4, 0.5) is 0 Å². The van der Waals surface area contributed by atoms with Gasteiger partial charge in [0.1, 0.15) is 6.61 Å². The molecule has 1 unspecified atom stereocenters. The monoisotopic (exact) mass is 509 g/mol. The Kier molecular flexibility index (Phi) is 21.8. The molecule has 0 radical (unpaired) electrons. The predicted octanol–water partition coefficient (Wildman–Crippen LogP) is 5.43. The van der Waals surface area contributed by atoms with E-state index in [2.05, 4.69) is 18.4 Å². The molecule has 0 aliphatic rings. The summed E-state index contributed by atoms with van der Waals surface area (Å²) >= 11 is 0. The van der Waals surface area contributed by atoms with Crippen LogP contribution in [0, 0.1) is 0 Å². The molecule has 0 aromatic rings. The van der Waals surface area contributed by atoms with Gasteiger partial charge >= 0.3 is 19.8 Å². The number of unbranched alkanes of at least 4 members (excludes halogenated alkanes) is 11. The van der Waals surface area contributed by atoms with Crippen molar-refractivity contribution in [1.29, 1.82) is 0 Å². The lowest BCUT2D eigenvalue weighted by Crippen LogP contribution is -2.29. The number of hydrogen-bond donors (Lipinski definition) is 2. The second kappa shape index (κ2) is 22.5. The minimum Gasteiger partial charge on any atom is -0.462 e. The van der Waals surface area contributed by atoms with E-state index >= 15 is 0 Å². The average Bonchev–Trinajstić information content (AvgIpc) is 2.81. The van der Waals surface area contributed by atoms with Crippen LogP contribution in [0.2, 0.25) is 0 Å². The summed E-state index contributed by atoms with van der Waals surface area (Å²) in [4.78, 5) is 33.9. The van der Waals surface area contributed by atoms with Crippen LogP contribution in [0.5, 0.6) is 0 Å². The van der Waals surface area contributed by atoms with E-state index in [0.717, 1.165) is 44.9 Å². The van der Waals surface area contributed by atoms with Gasteiger partial charge < -0.3 is 20.1 Å². The molecule has 0 amide bonds. The van der Waals surface area contributed by atoms with Crippen molar-refractivity contribution in [3.63, 3.8) is 0 Å². The molecule has 0 saturated heterocycles. The van der Waals surface area contributed by atoms with E-state index in [1.54, 1.807) is 0 Å². The van der Waals surface area contributed by atoms with Gasteiger partial charge in [-0.05, 0) is 12.8 Å². The zero-order chi connectivity index (χ0) is 25.5. The van der Waals surface area contributed by atoms with E-state index in [9.17, 15) is 19.0 Å². The average molecular weight is 510 g/mol. The van der Waals surface area contributed by atoms with Crippen molar-refractivity contribution in [2.75, 3.05) is 26.4 Å². The number of phosphoric acid groups is 1. The standard InChI is InChI=1S/C24H48NO8P/c1-3-5-7-9-11-13-14-16-23(26)30-20-22(21-32-34(28,29)31-19-18-25)33-24(27)17-15-12-10-8-6-4-2/h22H,3-21,25H2,1-2H3,(H,28,29)/t22-/m1/s1. The van der Waals surface area contributed by atoms with Gasteiger partial charge in [-0.1, -0.05) is 84.5 Å². The summed E-state index contributed by atoms with van der Waals surface area (Å²) in [5, 5.41) is 0. The Morgan fingerprint density at radius 2 is 1.26 bits per heavy atom. The molecule has 0 spiro atoms. The van der Waals surface area contributed by atoms with Gasteiger partial charge in [-0.3, -0.25) is 18.6 Å². The lowest BCUT2D eigenvalue weighted by atomic mass is 10.1. The Bertz CT molecular complexity index is 561. The summed E-state index contributed by atoms with van der Waals surface area (Å²) in [5.74, 6) is -0.847. The number of phosphoric ester groups is 1. The van der Waals surface area contributed by atoms with Crippen molar-refractivity contribution in [1.82, 2.24) is 0 Å². The van der Waals surface area contributed by atoms with E-state index in [1.165, 1.54) is 32.1 Å². The van der Waals surface area contributed by atoms with Crippen LogP contribution in [0.1, 0.15) is 110 Å². The van der Waals surface area contributed by atoms with Crippen LogP contribution in [0.25, 0.3) is 0 Å². The van der Waals surface area contributed by atoms with Gasteiger partial charge in [-0.25, -0.2) is 4.57 Å². The van der Waals surface area contributed by atoms with Crippen LogP contribution in [0.15, 0.2) is 0 Å². The molecule has 0 aliphatic carbocycles. The smallest absolute Gasteiger partial charge is 0.462 e. The zero-order valence-electron chi connectivity index (χ0n) is 21.3. The molecule has 0 aliphatic heterocycles. The predicted molar refractivity (Wildman–Crippen MR) is 132 cm³/mol. The third-order valence-electron chi connectivity index (χ3n) is 5.24. The second-order valence-corrected chi connectivity index (χ2v) is 10.0. The van der Waals surface area contributed by atoms with Crippen LogP contribution in [-0.4, -0.2) is 49.3 Å². The zero-order valence-corrected chi connectivity index (χ0v) is 22.2. The number of ether oxygens (including phenoxy) is 2. The minimum atomic E-state index is -4.34. The van der Waals surface area contributed by atoms with Crippen LogP contribution in [0.3, 0.4) is 0 Å². The fraction of sp³-hybridized carbons (Fsp3) is 0.917. The Morgan fingerprint density at radius 1 is 0.765 bits per heavy atom. The maximum absolute atomic E-state index is 12.2. The highest BCUT2D eigenvalue weighted by Gasteiger charge is 2.25. The molecule has 0 fully saturated rings. The lowest BCUT2D eigenvalue weighted by molar-refractivity contribution is -0.161. The molecule has 0 saturated carbocycles. The van der Waals surface area contributed by atoms with Gasteiger partial charge in [-0.2, -0.15) is 0 Å². The lowest BCUT2D eigenvalue weighted by Gasteiger charge is -2.19. The van der Waals surface area contributed by atoms with E-state index in [-0.39, 0.29) is 32.6 Å². The molecular weight excluding hydrogens is 461 g/mol. The quantitative estimate of drug-likeness (QED) is 0.0992. The largest absolute Gasteiger partial charge is 0.472 e. The number of rotatable bonds is 24. The molecule has 9 nitrogen and oxygen atoms in total. The van der Waals surface area contributed by atoms with Crippen molar-refractivity contribution < 1.29 is 37.6 Å². The van der Waals surface area contributed by atoms with Crippen molar-refractivity contribution in [3.8, 4) is 0 Å². The Morgan fingerprint density at radius 3 is 1.79 bits per heavy atom. The highest BCUT2D eigenvalue weighted by Crippen LogP contribution is 2.43. The Labute approximate surface area is 206 Å². The van der Waals surface area contributed by atoms with Gasteiger partial charge in [-0.15, -0.1) is 0 Å². The molecule has 0 aromatic carbocycles. The van der Waals surface area contributed by atoms with E-state index < -0.39 is 32.5 Å². The fourth-order valence-electron chi connectivity index (χ4n) is 3.28. The normalized spacial score (nSPS) is 13.9. The van der Waals surface area contributed by atoms with Gasteiger partial charge in [0.2, 0.25) is 0 Å². The molecule has 10 heteroatoms. The molecule has 34 heavy (non-hydrogen) atoms. The maximum atomic E-state index is 12.2. The first-order chi connectivity index (χ1) is 16.3.